The number of hydrogen-bond donors (Lipinski definition) is 2. The van der Waals surface area contributed by atoms with Crippen molar-refractivity contribution in [3.8, 4) is 0 Å². The van der Waals surface area contributed by atoms with Crippen molar-refractivity contribution >= 4 is 5.91 Å². The van der Waals surface area contributed by atoms with E-state index in [-0.39, 0.29) is 18.4 Å². The zero-order valence-electron chi connectivity index (χ0n) is 12.3. The number of carbonyl (C=O) groups excluding carboxylic acids is 1. The number of hydrogen-bond acceptors (Lipinski definition) is 2. The van der Waals surface area contributed by atoms with Crippen LogP contribution in [0.4, 0.5) is 0 Å². The number of aliphatic hydroxyl groups excluding tert-OH is 1. The Morgan fingerprint density at radius 3 is 2.67 bits per heavy atom. The molecule has 3 unspecified atom stereocenters. The second-order valence-electron chi connectivity index (χ2n) is 7.08. The average molecular weight is 255 g/mol. The summed E-state index contributed by atoms with van der Waals surface area (Å²) in [6.45, 7) is 9.56. The number of rotatable bonds is 5. The highest BCUT2D eigenvalue weighted by Gasteiger charge is 2.32. The number of amides is 1. The van der Waals surface area contributed by atoms with Crippen LogP contribution in [0.25, 0.3) is 0 Å². The molecule has 1 aliphatic carbocycles. The minimum Gasteiger partial charge on any atom is -0.396 e. The highest BCUT2D eigenvalue weighted by molar-refractivity contribution is 5.76. The Morgan fingerprint density at radius 1 is 1.44 bits per heavy atom. The summed E-state index contributed by atoms with van der Waals surface area (Å²) < 4.78 is 0. The molecule has 3 nitrogen and oxygen atoms in total. The largest absolute Gasteiger partial charge is 0.396 e. The first-order chi connectivity index (χ1) is 8.32. The smallest absolute Gasteiger partial charge is 0.220 e. The van der Waals surface area contributed by atoms with E-state index in [0.717, 1.165) is 12.3 Å². The van der Waals surface area contributed by atoms with Gasteiger partial charge in [-0.25, -0.2) is 0 Å². The maximum Gasteiger partial charge on any atom is 0.220 e. The van der Waals surface area contributed by atoms with Crippen LogP contribution in [0, 0.1) is 23.2 Å². The van der Waals surface area contributed by atoms with E-state index in [9.17, 15) is 4.79 Å². The Morgan fingerprint density at radius 2 is 2.11 bits per heavy atom. The van der Waals surface area contributed by atoms with E-state index in [1.165, 1.54) is 12.8 Å². The van der Waals surface area contributed by atoms with Gasteiger partial charge in [0.2, 0.25) is 5.91 Å². The molecule has 0 bridgehead atoms. The minimum atomic E-state index is 0.133. The van der Waals surface area contributed by atoms with Gasteiger partial charge in [0.25, 0.3) is 0 Å². The van der Waals surface area contributed by atoms with Gasteiger partial charge in [0.1, 0.15) is 0 Å². The topological polar surface area (TPSA) is 49.3 Å². The fourth-order valence-corrected chi connectivity index (χ4v) is 3.39. The van der Waals surface area contributed by atoms with Gasteiger partial charge < -0.3 is 10.4 Å². The molecule has 0 aliphatic heterocycles. The molecule has 0 heterocycles. The van der Waals surface area contributed by atoms with Crippen LogP contribution in [0.3, 0.4) is 0 Å². The molecule has 0 radical (unpaired) electrons. The summed E-state index contributed by atoms with van der Waals surface area (Å²) in [4.78, 5) is 11.9. The number of aliphatic hydroxyl groups is 1. The molecule has 3 atom stereocenters. The zero-order valence-corrected chi connectivity index (χ0v) is 12.3. The lowest BCUT2D eigenvalue weighted by atomic mass is 9.67. The Kier molecular flexibility index (Phi) is 5.64. The molecule has 0 aromatic rings. The molecule has 0 spiro atoms. The third-order valence-electron chi connectivity index (χ3n) is 3.91. The fourth-order valence-electron chi connectivity index (χ4n) is 3.39. The number of nitrogens with one attached hydrogen (secondary N) is 1. The normalized spacial score (nSPS) is 28.7. The lowest BCUT2D eigenvalue weighted by Crippen LogP contribution is -2.34. The molecule has 3 heteroatoms. The summed E-state index contributed by atoms with van der Waals surface area (Å²) >= 11 is 0. The fraction of sp³-hybridized carbons (Fsp3) is 0.933. The average Bonchev–Trinajstić information content (AvgIpc) is 2.22. The first-order valence-corrected chi connectivity index (χ1v) is 7.20. The van der Waals surface area contributed by atoms with Crippen molar-refractivity contribution in [2.24, 2.45) is 23.2 Å². The van der Waals surface area contributed by atoms with Gasteiger partial charge in [-0.3, -0.25) is 4.79 Å². The minimum absolute atomic E-state index is 0.133. The van der Waals surface area contributed by atoms with Crippen molar-refractivity contribution < 1.29 is 9.90 Å². The monoisotopic (exact) mass is 255 g/mol. The Labute approximate surface area is 111 Å². The van der Waals surface area contributed by atoms with Crippen LogP contribution in [-0.4, -0.2) is 24.2 Å². The maximum atomic E-state index is 11.9. The van der Waals surface area contributed by atoms with Crippen molar-refractivity contribution in [1.82, 2.24) is 5.32 Å². The SMILES string of the molecule is CC(CO)CNC(=O)CC1CC(C)CC(C)(C)C1. The summed E-state index contributed by atoms with van der Waals surface area (Å²) in [6, 6.07) is 0. The summed E-state index contributed by atoms with van der Waals surface area (Å²) in [5.41, 5.74) is 0.376. The van der Waals surface area contributed by atoms with Gasteiger partial charge >= 0.3 is 0 Å². The van der Waals surface area contributed by atoms with Gasteiger partial charge in [-0.15, -0.1) is 0 Å². The van der Waals surface area contributed by atoms with Crippen LogP contribution in [0.15, 0.2) is 0 Å². The molecule has 1 saturated carbocycles. The predicted molar refractivity (Wildman–Crippen MR) is 74.2 cm³/mol. The standard InChI is InChI=1S/C15H29NO2/c1-11-5-13(8-15(3,4)7-11)6-14(18)16-9-12(2)10-17/h11-13,17H,5-10H2,1-4H3,(H,16,18). The van der Waals surface area contributed by atoms with Gasteiger partial charge in [0.05, 0.1) is 0 Å². The van der Waals surface area contributed by atoms with Gasteiger partial charge in [0.15, 0.2) is 0 Å². The van der Waals surface area contributed by atoms with Crippen LogP contribution < -0.4 is 5.32 Å². The highest BCUT2D eigenvalue weighted by Crippen LogP contribution is 2.42. The van der Waals surface area contributed by atoms with Crippen molar-refractivity contribution in [3.63, 3.8) is 0 Å². The lowest BCUT2D eigenvalue weighted by molar-refractivity contribution is -0.122. The zero-order chi connectivity index (χ0) is 13.8. The molecule has 1 amide bonds. The van der Waals surface area contributed by atoms with Crippen molar-refractivity contribution in [2.75, 3.05) is 13.2 Å². The molecule has 1 aliphatic rings. The van der Waals surface area contributed by atoms with Crippen molar-refractivity contribution in [3.05, 3.63) is 0 Å². The molecule has 106 valence electrons. The Bertz CT molecular complexity index is 276. The Hall–Kier alpha value is -0.570. The van der Waals surface area contributed by atoms with E-state index >= 15 is 0 Å². The molecule has 0 aromatic carbocycles. The third kappa shape index (κ3) is 5.38. The molecule has 18 heavy (non-hydrogen) atoms. The summed E-state index contributed by atoms with van der Waals surface area (Å²) in [6.07, 6.45) is 4.24. The van der Waals surface area contributed by atoms with Crippen LogP contribution in [0.5, 0.6) is 0 Å². The van der Waals surface area contributed by atoms with Gasteiger partial charge in [-0.1, -0.05) is 27.7 Å². The third-order valence-corrected chi connectivity index (χ3v) is 3.91. The molecule has 1 rings (SSSR count). The van der Waals surface area contributed by atoms with Crippen LogP contribution >= 0.6 is 0 Å². The predicted octanol–water partition coefficient (Wildman–Crippen LogP) is 2.58. The quantitative estimate of drug-likeness (QED) is 0.793. The van der Waals surface area contributed by atoms with Crippen molar-refractivity contribution in [1.29, 1.82) is 0 Å². The summed E-state index contributed by atoms with van der Waals surface area (Å²) in [7, 11) is 0. The molecule has 1 fully saturated rings. The molecule has 0 aromatic heterocycles. The van der Waals surface area contributed by atoms with Gasteiger partial charge in [-0.05, 0) is 42.4 Å². The molecular formula is C15H29NO2. The first kappa shape index (κ1) is 15.5. The second-order valence-corrected chi connectivity index (χ2v) is 7.08. The van der Waals surface area contributed by atoms with Gasteiger partial charge in [-0.2, -0.15) is 0 Å². The van der Waals surface area contributed by atoms with E-state index in [0.29, 0.717) is 24.3 Å². The van der Waals surface area contributed by atoms with E-state index < -0.39 is 0 Å². The Balaban J connectivity index is 2.35. The number of carbonyl (C=O) groups is 1. The van der Waals surface area contributed by atoms with E-state index in [1.54, 1.807) is 0 Å². The van der Waals surface area contributed by atoms with Crippen LogP contribution in [-0.2, 0) is 4.79 Å². The summed E-state index contributed by atoms with van der Waals surface area (Å²) in [5, 5.41) is 11.8. The van der Waals surface area contributed by atoms with Crippen molar-refractivity contribution in [2.45, 2.75) is 53.4 Å². The first-order valence-electron chi connectivity index (χ1n) is 7.20. The molecule has 2 N–H and O–H groups in total. The second kappa shape index (κ2) is 6.55. The van der Waals surface area contributed by atoms with E-state index in [4.69, 9.17) is 5.11 Å². The molecule has 0 saturated heterocycles. The lowest BCUT2D eigenvalue weighted by Gasteiger charge is -2.38. The van der Waals surface area contributed by atoms with E-state index in [2.05, 4.69) is 26.1 Å². The molecular weight excluding hydrogens is 226 g/mol. The maximum absolute atomic E-state index is 11.9. The van der Waals surface area contributed by atoms with E-state index in [1.807, 2.05) is 6.92 Å². The van der Waals surface area contributed by atoms with Crippen LogP contribution in [0.2, 0.25) is 0 Å². The highest BCUT2D eigenvalue weighted by atomic mass is 16.3. The summed E-state index contributed by atoms with van der Waals surface area (Å²) in [5.74, 6) is 1.54. The van der Waals surface area contributed by atoms with Gasteiger partial charge in [0, 0.05) is 19.6 Å². The van der Waals surface area contributed by atoms with Crippen LogP contribution in [0.1, 0.15) is 53.4 Å².